The second-order valence-corrected chi connectivity index (χ2v) is 4.58. The van der Waals surface area contributed by atoms with Gasteiger partial charge < -0.3 is 25.4 Å². The van der Waals surface area contributed by atoms with Crippen molar-refractivity contribution in [2.24, 2.45) is 11.7 Å². The lowest BCUT2D eigenvalue weighted by Gasteiger charge is -2.27. The first-order chi connectivity index (χ1) is 9.72. The molecule has 0 radical (unpaired) electrons. The summed E-state index contributed by atoms with van der Waals surface area (Å²) >= 11 is 0. The number of amides is 3. The van der Waals surface area contributed by atoms with Crippen molar-refractivity contribution >= 4 is 23.9 Å². The SMILES string of the molecule is COC(=O)CN(CC(=O)OC)C(=O)C(NC(N)=O)C(C)C. The van der Waals surface area contributed by atoms with Crippen LogP contribution in [0.2, 0.25) is 0 Å². The molecule has 0 aliphatic rings. The predicted octanol–water partition coefficient (Wildman–Crippen LogP) is -1.15. The van der Waals surface area contributed by atoms with Gasteiger partial charge in [0.15, 0.2) is 0 Å². The number of carbonyl (C=O) groups excluding carboxylic acids is 4. The van der Waals surface area contributed by atoms with Gasteiger partial charge in [-0.1, -0.05) is 13.8 Å². The minimum atomic E-state index is -0.961. The van der Waals surface area contributed by atoms with Gasteiger partial charge in [0.05, 0.1) is 14.2 Å². The molecule has 1 unspecified atom stereocenters. The molecular weight excluding hydrogens is 282 g/mol. The molecule has 0 aliphatic carbocycles. The summed E-state index contributed by atoms with van der Waals surface area (Å²) in [6, 6.07) is -1.84. The zero-order chi connectivity index (χ0) is 16.6. The van der Waals surface area contributed by atoms with E-state index in [0.717, 1.165) is 19.1 Å². The van der Waals surface area contributed by atoms with Gasteiger partial charge >= 0.3 is 18.0 Å². The van der Waals surface area contributed by atoms with E-state index in [1.807, 2.05) is 0 Å². The Bertz CT molecular complexity index is 392. The van der Waals surface area contributed by atoms with Crippen LogP contribution in [0.4, 0.5) is 4.79 Å². The number of urea groups is 1. The van der Waals surface area contributed by atoms with Gasteiger partial charge in [-0.05, 0) is 5.92 Å². The number of nitrogens with one attached hydrogen (secondary N) is 1. The number of methoxy groups -OCH3 is 2. The number of hydrogen-bond donors (Lipinski definition) is 2. The smallest absolute Gasteiger partial charge is 0.325 e. The van der Waals surface area contributed by atoms with E-state index in [0.29, 0.717) is 0 Å². The van der Waals surface area contributed by atoms with Crippen molar-refractivity contribution in [3.8, 4) is 0 Å². The summed E-state index contributed by atoms with van der Waals surface area (Å²) in [4.78, 5) is 46.9. The summed E-state index contributed by atoms with van der Waals surface area (Å²) in [6.07, 6.45) is 0. The standard InChI is InChI=1S/C12H21N3O6/c1-7(2)10(14-12(13)19)11(18)15(5-8(16)20-3)6-9(17)21-4/h7,10H,5-6H2,1-4H3,(H3,13,14,19). The maximum Gasteiger partial charge on any atom is 0.325 e. The molecule has 9 heteroatoms. The minimum Gasteiger partial charge on any atom is -0.468 e. The first-order valence-corrected chi connectivity index (χ1v) is 6.21. The summed E-state index contributed by atoms with van der Waals surface area (Å²) in [7, 11) is 2.31. The van der Waals surface area contributed by atoms with Gasteiger partial charge in [-0.25, -0.2) is 4.79 Å². The number of hydrogen-bond acceptors (Lipinski definition) is 6. The molecule has 0 rings (SSSR count). The van der Waals surface area contributed by atoms with E-state index in [2.05, 4.69) is 14.8 Å². The molecule has 0 bridgehead atoms. The molecular formula is C12H21N3O6. The summed E-state index contributed by atoms with van der Waals surface area (Å²) in [5, 5.41) is 2.29. The molecule has 3 N–H and O–H groups in total. The number of esters is 2. The zero-order valence-corrected chi connectivity index (χ0v) is 12.5. The lowest BCUT2D eigenvalue weighted by molar-refractivity contribution is -0.153. The third-order valence-corrected chi connectivity index (χ3v) is 2.64. The first kappa shape index (κ1) is 18.7. The lowest BCUT2D eigenvalue weighted by Crippen LogP contribution is -2.54. The average molecular weight is 303 g/mol. The predicted molar refractivity (Wildman–Crippen MR) is 72.0 cm³/mol. The molecule has 1 atom stereocenters. The van der Waals surface area contributed by atoms with E-state index < -0.39 is 43.0 Å². The van der Waals surface area contributed by atoms with Crippen LogP contribution >= 0.6 is 0 Å². The number of carbonyl (C=O) groups is 4. The molecule has 0 aromatic carbocycles. The summed E-state index contributed by atoms with van der Waals surface area (Å²) in [6.45, 7) is 2.50. The molecule has 0 spiro atoms. The Morgan fingerprint density at radius 2 is 1.48 bits per heavy atom. The van der Waals surface area contributed by atoms with E-state index in [1.54, 1.807) is 13.8 Å². The van der Waals surface area contributed by atoms with Crippen molar-refractivity contribution in [3.05, 3.63) is 0 Å². The van der Waals surface area contributed by atoms with Crippen molar-refractivity contribution in [2.75, 3.05) is 27.3 Å². The largest absolute Gasteiger partial charge is 0.468 e. The maximum absolute atomic E-state index is 12.4. The fraction of sp³-hybridized carbons (Fsp3) is 0.667. The molecule has 120 valence electrons. The number of nitrogens with two attached hydrogens (primary N) is 1. The Morgan fingerprint density at radius 1 is 1.05 bits per heavy atom. The fourth-order valence-electron chi connectivity index (χ4n) is 1.52. The zero-order valence-electron chi connectivity index (χ0n) is 12.5. The van der Waals surface area contributed by atoms with E-state index >= 15 is 0 Å². The van der Waals surface area contributed by atoms with E-state index in [4.69, 9.17) is 5.73 Å². The Labute approximate surface area is 122 Å². The van der Waals surface area contributed by atoms with Gasteiger partial charge in [-0.2, -0.15) is 0 Å². The summed E-state index contributed by atoms with van der Waals surface area (Å²) < 4.78 is 8.94. The molecule has 0 aliphatic heterocycles. The van der Waals surface area contributed by atoms with Crippen LogP contribution < -0.4 is 11.1 Å². The Kier molecular flexibility index (Phi) is 7.80. The molecule has 9 nitrogen and oxygen atoms in total. The third kappa shape index (κ3) is 6.59. The third-order valence-electron chi connectivity index (χ3n) is 2.64. The van der Waals surface area contributed by atoms with Crippen LogP contribution in [0.25, 0.3) is 0 Å². The van der Waals surface area contributed by atoms with E-state index in [-0.39, 0.29) is 5.92 Å². The van der Waals surface area contributed by atoms with Crippen molar-refractivity contribution in [1.82, 2.24) is 10.2 Å². The van der Waals surface area contributed by atoms with Crippen LogP contribution in [0, 0.1) is 5.92 Å². The summed E-state index contributed by atoms with van der Waals surface area (Å²) in [5.74, 6) is -2.31. The normalized spacial score (nSPS) is 11.5. The molecule has 0 saturated heterocycles. The molecule has 0 fully saturated rings. The van der Waals surface area contributed by atoms with Crippen molar-refractivity contribution in [3.63, 3.8) is 0 Å². The molecule has 0 aromatic rings. The molecule has 0 aromatic heterocycles. The van der Waals surface area contributed by atoms with Gasteiger partial charge in [0.1, 0.15) is 19.1 Å². The van der Waals surface area contributed by atoms with Gasteiger partial charge in [0.2, 0.25) is 5.91 Å². The maximum atomic E-state index is 12.4. The molecule has 0 saturated carbocycles. The highest BCUT2D eigenvalue weighted by Gasteiger charge is 2.30. The van der Waals surface area contributed by atoms with Gasteiger partial charge in [0, 0.05) is 0 Å². The van der Waals surface area contributed by atoms with Gasteiger partial charge in [0.25, 0.3) is 0 Å². The van der Waals surface area contributed by atoms with Crippen LogP contribution in [-0.2, 0) is 23.9 Å². The van der Waals surface area contributed by atoms with Crippen molar-refractivity contribution in [1.29, 1.82) is 0 Å². The van der Waals surface area contributed by atoms with Gasteiger partial charge in [-0.15, -0.1) is 0 Å². The fourth-order valence-corrected chi connectivity index (χ4v) is 1.52. The molecule has 3 amide bonds. The number of nitrogens with zero attached hydrogens (tertiary/aromatic N) is 1. The van der Waals surface area contributed by atoms with E-state index in [1.165, 1.54) is 0 Å². The Morgan fingerprint density at radius 3 is 1.76 bits per heavy atom. The minimum absolute atomic E-state index is 0.289. The highest BCUT2D eigenvalue weighted by atomic mass is 16.5. The van der Waals surface area contributed by atoms with Crippen LogP contribution in [0.5, 0.6) is 0 Å². The van der Waals surface area contributed by atoms with Crippen LogP contribution in [0.3, 0.4) is 0 Å². The number of rotatable bonds is 7. The molecule has 21 heavy (non-hydrogen) atoms. The Hall–Kier alpha value is -2.32. The van der Waals surface area contributed by atoms with Crippen LogP contribution in [-0.4, -0.2) is 62.1 Å². The average Bonchev–Trinajstić information content (AvgIpc) is 2.42. The van der Waals surface area contributed by atoms with Crippen molar-refractivity contribution < 1.29 is 28.7 Å². The van der Waals surface area contributed by atoms with Crippen molar-refractivity contribution in [2.45, 2.75) is 19.9 Å². The highest BCUT2D eigenvalue weighted by molar-refractivity contribution is 5.91. The van der Waals surface area contributed by atoms with Gasteiger partial charge in [-0.3, -0.25) is 14.4 Å². The van der Waals surface area contributed by atoms with Crippen LogP contribution in [0.1, 0.15) is 13.8 Å². The number of primary amides is 1. The topological polar surface area (TPSA) is 128 Å². The monoisotopic (exact) mass is 303 g/mol. The second-order valence-electron chi connectivity index (χ2n) is 4.58. The summed E-state index contributed by atoms with van der Waals surface area (Å²) in [5.41, 5.74) is 5.02. The lowest BCUT2D eigenvalue weighted by atomic mass is 10.0. The molecule has 0 heterocycles. The Balaban J connectivity index is 5.15. The highest BCUT2D eigenvalue weighted by Crippen LogP contribution is 2.07. The number of ether oxygens (including phenoxy) is 2. The second kappa shape index (κ2) is 8.77. The quantitative estimate of drug-likeness (QED) is 0.572. The van der Waals surface area contributed by atoms with E-state index in [9.17, 15) is 19.2 Å². The first-order valence-electron chi connectivity index (χ1n) is 6.21. The van der Waals surface area contributed by atoms with Crippen LogP contribution in [0.15, 0.2) is 0 Å².